The van der Waals surface area contributed by atoms with E-state index in [0.29, 0.717) is 18.9 Å². The number of aryl methyl sites for hydroxylation is 1. The molecule has 1 aliphatic rings. The highest BCUT2D eigenvalue weighted by molar-refractivity contribution is 5.91. The number of rotatable bonds is 6. The Morgan fingerprint density at radius 3 is 2.46 bits per heavy atom. The number of carbonyl (C=O) groups is 1. The van der Waals surface area contributed by atoms with E-state index in [9.17, 15) is 4.79 Å². The number of carbonyl (C=O) groups excluding carboxylic acids is 1. The van der Waals surface area contributed by atoms with Crippen LogP contribution >= 0.6 is 0 Å². The summed E-state index contributed by atoms with van der Waals surface area (Å²) in [5.41, 5.74) is 3.06. The molecule has 150 valence electrons. The van der Waals surface area contributed by atoms with Crippen molar-refractivity contribution in [3.8, 4) is 5.75 Å². The van der Waals surface area contributed by atoms with Crippen LogP contribution in [0, 0.1) is 12.8 Å². The van der Waals surface area contributed by atoms with Gasteiger partial charge in [-0.3, -0.25) is 4.79 Å². The van der Waals surface area contributed by atoms with Crippen LogP contribution in [0.4, 0.5) is 5.69 Å². The van der Waals surface area contributed by atoms with E-state index < -0.39 is 0 Å². The molecule has 2 atom stereocenters. The second-order valence-electron chi connectivity index (χ2n) is 8.21. The van der Waals surface area contributed by atoms with E-state index in [0.717, 1.165) is 24.3 Å². The largest absolute Gasteiger partial charge is 0.497 e. The van der Waals surface area contributed by atoms with Gasteiger partial charge in [-0.1, -0.05) is 43.7 Å². The van der Waals surface area contributed by atoms with Gasteiger partial charge in [-0.25, -0.2) is 0 Å². The molecular weight excluding hydrogens is 350 g/mol. The van der Waals surface area contributed by atoms with Gasteiger partial charge < -0.3 is 14.8 Å². The topological polar surface area (TPSA) is 47.6 Å². The highest BCUT2D eigenvalue weighted by atomic mass is 16.5. The minimum absolute atomic E-state index is 0.0372. The van der Waals surface area contributed by atoms with Gasteiger partial charge in [-0.05, 0) is 55.5 Å². The van der Waals surface area contributed by atoms with Gasteiger partial charge in [-0.15, -0.1) is 0 Å². The fourth-order valence-electron chi connectivity index (χ4n) is 4.00. The van der Waals surface area contributed by atoms with Crippen LogP contribution in [0.3, 0.4) is 0 Å². The molecule has 0 bridgehead atoms. The first-order valence-corrected chi connectivity index (χ1v) is 10.0. The van der Waals surface area contributed by atoms with Crippen LogP contribution in [0.1, 0.15) is 44.2 Å². The molecule has 4 nitrogen and oxygen atoms in total. The molecule has 1 fully saturated rings. The lowest BCUT2D eigenvalue weighted by Gasteiger charge is -2.42. The van der Waals surface area contributed by atoms with E-state index in [-0.39, 0.29) is 17.4 Å². The Labute approximate surface area is 168 Å². The van der Waals surface area contributed by atoms with Crippen LogP contribution in [0.15, 0.2) is 48.5 Å². The number of hydrogen-bond acceptors (Lipinski definition) is 3. The molecule has 0 aliphatic carbocycles. The molecule has 1 heterocycles. The maximum atomic E-state index is 13.0. The average Bonchev–Trinajstić information content (AvgIpc) is 2.69. The van der Waals surface area contributed by atoms with Crippen molar-refractivity contribution in [2.24, 2.45) is 5.92 Å². The zero-order valence-electron chi connectivity index (χ0n) is 17.3. The standard InChI is InChI=1S/C24H31NO3/c1-17(2)22-15-24(13-14-28-22,19-7-5-18(3)6-8-19)16-23(26)25-20-9-11-21(27-4)12-10-20/h5-12,17,22H,13-16H2,1-4H3,(H,25,26)/t22-,24+/m1/s1. The molecule has 0 saturated carbocycles. The van der Waals surface area contributed by atoms with Crippen molar-refractivity contribution in [2.45, 2.75) is 51.6 Å². The maximum absolute atomic E-state index is 13.0. The summed E-state index contributed by atoms with van der Waals surface area (Å²) in [7, 11) is 1.63. The predicted molar refractivity (Wildman–Crippen MR) is 113 cm³/mol. The lowest BCUT2D eigenvalue weighted by atomic mass is 9.68. The molecule has 2 aromatic carbocycles. The van der Waals surface area contributed by atoms with Crippen LogP contribution in [-0.2, 0) is 14.9 Å². The van der Waals surface area contributed by atoms with Crippen LogP contribution in [0.5, 0.6) is 5.75 Å². The van der Waals surface area contributed by atoms with Crippen LogP contribution in [-0.4, -0.2) is 25.7 Å². The monoisotopic (exact) mass is 381 g/mol. The SMILES string of the molecule is COc1ccc(NC(=O)C[C@]2(c3ccc(C)cc3)CCO[C@@H](C(C)C)C2)cc1. The Kier molecular flexibility index (Phi) is 6.40. The van der Waals surface area contributed by atoms with Gasteiger partial charge in [0, 0.05) is 24.1 Å². The summed E-state index contributed by atoms with van der Waals surface area (Å²) < 4.78 is 11.2. The van der Waals surface area contributed by atoms with Gasteiger partial charge in [0.25, 0.3) is 0 Å². The van der Waals surface area contributed by atoms with Gasteiger partial charge in [-0.2, -0.15) is 0 Å². The Morgan fingerprint density at radius 1 is 1.18 bits per heavy atom. The highest BCUT2D eigenvalue weighted by Crippen LogP contribution is 2.42. The first kappa shape index (κ1) is 20.4. The molecule has 28 heavy (non-hydrogen) atoms. The molecule has 3 rings (SSSR count). The smallest absolute Gasteiger partial charge is 0.225 e. The summed E-state index contributed by atoms with van der Waals surface area (Å²) in [4.78, 5) is 13.0. The number of amides is 1. The lowest BCUT2D eigenvalue weighted by molar-refractivity contribution is -0.119. The molecule has 1 aliphatic heterocycles. The van der Waals surface area contributed by atoms with Gasteiger partial charge >= 0.3 is 0 Å². The number of hydrogen-bond donors (Lipinski definition) is 1. The zero-order valence-corrected chi connectivity index (χ0v) is 17.3. The number of ether oxygens (including phenoxy) is 2. The molecule has 1 amide bonds. The second kappa shape index (κ2) is 8.78. The van der Waals surface area contributed by atoms with Crippen molar-refractivity contribution < 1.29 is 14.3 Å². The lowest BCUT2D eigenvalue weighted by Crippen LogP contribution is -2.43. The van der Waals surface area contributed by atoms with Gasteiger partial charge in [0.2, 0.25) is 5.91 Å². The first-order valence-electron chi connectivity index (χ1n) is 10.0. The summed E-state index contributed by atoms with van der Waals surface area (Å²) in [6.45, 7) is 7.15. The summed E-state index contributed by atoms with van der Waals surface area (Å²) in [6.07, 6.45) is 2.34. The highest BCUT2D eigenvalue weighted by Gasteiger charge is 2.41. The van der Waals surface area contributed by atoms with Crippen LogP contribution < -0.4 is 10.1 Å². The van der Waals surface area contributed by atoms with Crippen molar-refractivity contribution in [3.05, 3.63) is 59.7 Å². The fourth-order valence-corrected chi connectivity index (χ4v) is 4.00. The summed E-state index contributed by atoms with van der Waals surface area (Å²) >= 11 is 0. The Balaban J connectivity index is 1.82. The van der Waals surface area contributed by atoms with Crippen LogP contribution in [0.25, 0.3) is 0 Å². The molecule has 1 N–H and O–H groups in total. The number of nitrogens with one attached hydrogen (secondary N) is 1. The third-order valence-electron chi connectivity index (χ3n) is 5.78. The second-order valence-corrected chi connectivity index (χ2v) is 8.21. The van der Waals surface area contributed by atoms with Crippen molar-refractivity contribution in [3.63, 3.8) is 0 Å². The Hall–Kier alpha value is -2.33. The van der Waals surface area contributed by atoms with Gasteiger partial charge in [0.15, 0.2) is 0 Å². The summed E-state index contributed by atoms with van der Waals surface area (Å²) in [5, 5.41) is 3.06. The molecule has 0 spiro atoms. The van der Waals surface area contributed by atoms with E-state index in [4.69, 9.17) is 9.47 Å². The van der Waals surface area contributed by atoms with Gasteiger partial charge in [0.1, 0.15) is 5.75 Å². The van der Waals surface area contributed by atoms with Crippen molar-refractivity contribution in [1.82, 2.24) is 0 Å². The summed E-state index contributed by atoms with van der Waals surface area (Å²) in [6, 6.07) is 16.1. The fraction of sp³-hybridized carbons (Fsp3) is 0.458. The summed E-state index contributed by atoms with van der Waals surface area (Å²) in [5.74, 6) is 1.24. The number of methoxy groups -OCH3 is 1. The Bertz CT molecular complexity index is 783. The van der Waals surface area contributed by atoms with Crippen LogP contribution in [0.2, 0.25) is 0 Å². The molecule has 0 unspecified atom stereocenters. The predicted octanol–water partition coefficient (Wildman–Crippen LogP) is 5.11. The maximum Gasteiger partial charge on any atom is 0.225 e. The first-order chi connectivity index (χ1) is 13.4. The van der Waals surface area contributed by atoms with Crippen molar-refractivity contribution in [2.75, 3.05) is 19.0 Å². The zero-order chi connectivity index (χ0) is 20.1. The molecular formula is C24H31NO3. The minimum atomic E-state index is -0.197. The quantitative estimate of drug-likeness (QED) is 0.757. The third-order valence-corrected chi connectivity index (χ3v) is 5.78. The molecule has 0 aromatic heterocycles. The molecule has 0 radical (unpaired) electrons. The number of anilines is 1. The molecule has 4 heteroatoms. The third kappa shape index (κ3) is 4.74. The minimum Gasteiger partial charge on any atom is -0.497 e. The molecule has 2 aromatic rings. The van der Waals surface area contributed by atoms with Crippen molar-refractivity contribution in [1.29, 1.82) is 0 Å². The number of benzene rings is 2. The van der Waals surface area contributed by atoms with E-state index in [1.807, 2.05) is 24.3 Å². The molecule has 1 saturated heterocycles. The van der Waals surface area contributed by atoms with E-state index in [2.05, 4.69) is 50.4 Å². The van der Waals surface area contributed by atoms with Gasteiger partial charge in [0.05, 0.1) is 13.2 Å². The Morgan fingerprint density at radius 2 is 1.86 bits per heavy atom. The van der Waals surface area contributed by atoms with E-state index in [1.165, 1.54) is 11.1 Å². The van der Waals surface area contributed by atoms with Crippen molar-refractivity contribution >= 4 is 11.6 Å². The van der Waals surface area contributed by atoms with E-state index in [1.54, 1.807) is 7.11 Å². The average molecular weight is 382 g/mol. The normalized spacial score (nSPS) is 22.1. The van der Waals surface area contributed by atoms with E-state index >= 15 is 0 Å².